The molecule has 0 unspecified atom stereocenters. The van der Waals surface area contributed by atoms with Gasteiger partial charge in [-0.2, -0.15) is 0 Å². The molecule has 0 spiro atoms. The molecule has 3 rings (SSSR count). The quantitative estimate of drug-likeness (QED) is 0.325. The zero-order valence-corrected chi connectivity index (χ0v) is 20.4. The molecule has 3 aromatic rings. The van der Waals surface area contributed by atoms with Crippen LogP contribution in [0.15, 0.2) is 60.8 Å². The van der Waals surface area contributed by atoms with Gasteiger partial charge in [-0.25, -0.2) is 0 Å². The fourth-order valence-electron chi connectivity index (χ4n) is 4.64. The summed E-state index contributed by atoms with van der Waals surface area (Å²) in [7, 11) is 1.77. The topological polar surface area (TPSA) is 25.4 Å². The molecular formula is C29H38N2O. The molecule has 0 aliphatic rings. The summed E-state index contributed by atoms with van der Waals surface area (Å²) in [6.07, 6.45) is 6.27. The van der Waals surface area contributed by atoms with Gasteiger partial charge in [0.1, 0.15) is 5.75 Å². The molecule has 0 amide bonds. The van der Waals surface area contributed by atoms with E-state index in [4.69, 9.17) is 9.72 Å². The van der Waals surface area contributed by atoms with E-state index in [9.17, 15) is 0 Å². The van der Waals surface area contributed by atoms with Crippen LogP contribution in [-0.2, 0) is 25.9 Å². The normalized spacial score (nSPS) is 11.3. The van der Waals surface area contributed by atoms with Crippen LogP contribution >= 0.6 is 0 Å². The van der Waals surface area contributed by atoms with E-state index in [2.05, 4.69) is 87.2 Å². The number of aromatic nitrogens is 1. The first-order chi connectivity index (χ1) is 15.6. The standard InChI is InChI=1S/C29H38N2O/c1-6-23-16-13-17-24(7-2)29(23)27-18-28(32-5)25(19-30-27)21-31(26(8-3)9-4)20-22-14-11-10-12-15-22/h10-19,26H,6-9,20-21H2,1-5H3. The van der Waals surface area contributed by atoms with Gasteiger partial charge in [0.25, 0.3) is 0 Å². The highest BCUT2D eigenvalue weighted by molar-refractivity contribution is 5.69. The number of methoxy groups -OCH3 is 1. The Morgan fingerprint density at radius 2 is 1.47 bits per heavy atom. The molecule has 32 heavy (non-hydrogen) atoms. The molecule has 0 fully saturated rings. The second kappa shape index (κ2) is 11.8. The molecule has 0 N–H and O–H groups in total. The van der Waals surface area contributed by atoms with Crippen LogP contribution in [-0.4, -0.2) is 23.0 Å². The van der Waals surface area contributed by atoms with Gasteiger partial charge >= 0.3 is 0 Å². The monoisotopic (exact) mass is 430 g/mol. The third-order valence-electron chi connectivity index (χ3n) is 6.48. The maximum absolute atomic E-state index is 5.89. The molecule has 170 valence electrons. The summed E-state index contributed by atoms with van der Waals surface area (Å²) in [5, 5.41) is 0. The first-order valence-corrected chi connectivity index (χ1v) is 12.1. The SMILES string of the molecule is CCc1cccc(CC)c1-c1cc(OC)c(CN(Cc2ccccc2)C(CC)CC)cn1. The van der Waals surface area contributed by atoms with Crippen LogP contribution in [0.4, 0.5) is 0 Å². The third kappa shape index (κ3) is 5.58. The summed E-state index contributed by atoms with van der Waals surface area (Å²) >= 11 is 0. The number of hydrogen-bond donors (Lipinski definition) is 0. The summed E-state index contributed by atoms with van der Waals surface area (Å²) in [5.41, 5.74) is 7.45. The van der Waals surface area contributed by atoms with Crippen molar-refractivity contribution >= 4 is 0 Å². The molecule has 0 atom stereocenters. The van der Waals surface area contributed by atoms with Crippen LogP contribution in [0.3, 0.4) is 0 Å². The number of aryl methyl sites for hydroxylation is 2. The van der Waals surface area contributed by atoms with Gasteiger partial charge in [-0.3, -0.25) is 9.88 Å². The van der Waals surface area contributed by atoms with E-state index in [1.54, 1.807) is 7.11 Å². The Kier molecular flexibility index (Phi) is 8.87. The first-order valence-electron chi connectivity index (χ1n) is 12.1. The number of rotatable bonds is 11. The van der Waals surface area contributed by atoms with E-state index < -0.39 is 0 Å². The van der Waals surface area contributed by atoms with E-state index in [1.165, 1.54) is 22.3 Å². The summed E-state index contributed by atoms with van der Waals surface area (Å²) in [6.45, 7) is 10.7. The van der Waals surface area contributed by atoms with Gasteiger partial charge in [-0.05, 0) is 42.4 Å². The highest BCUT2D eigenvalue weighted by Crippen LogP contribution is 2.32. The Morgan fingerprint density at radius 3 is 2.03 bits per heavy atom. The van der Waals surface area contributed by atoms with Crippen molar-refractivity contribution in [1.82, 2.24) is 9.88 Å². The van der Waals surface area contributed by atoms with Crippen LogP contribution in [0.1, 0.15) is 62.8 Å². The molecule has 1 heterocycles. The predicted molar refractivity (Wildman–Crippen MR) is 135 cm³/mol. The lowest BCUT2D eigenvalue weighted by Crippen LogP contribution is -2.33. The smallest absolute Gasteiger partial charge is 0.127 e. The second-order valence-corrected chi connectivity index (χ2v) is 8.40. The summed E-state index contributed by atoms with van der Waals surface area (Å²) in [4.78, 5) is 7.50. The maximum Gasteiger partial charge on any atom is 0.127 e. The van der Waals surface area contributed by atoms with Crippen LogP contribution in [0.2, 0.25) is 0 Å². The highest BCUT2D eigenvalue weighted by Gasteiger charge is 2.19. The Hall–Kier alpha value is -2.65. The minimum absolute atomic E-state index is 0.520. The Labute approximate surface area is 194 Å². The van der Waals surface area contributed by atoms with Gasteiger partial charge in [-0.15, -0.1) is 0 Å². The molecule has 0 radical (unpaired) electrons. The molecule has 1 aromatic heterocycles. The van der Waals surface area contributed by atoms with Crippen LogP contribution in [0.25, 0.3) is 11.3 Å². The average molecular weight is 431 g/mol. The number of nitrogens with zero attached hydrogens (tertiary/aromatic N) is 2. The highest BCUT2D eigenvalue weighted by atomic mass is 16.5. The van der Waals surface area contributed by atoms with Gasteiger partial charge in [0, 0.05) is 42.5 Å². The molecule has 3 heteroatoms. The lowest BCUT2D eigenvalue weighted by Gasteiger charge is -2.31. The molecule has 0 saturated heterocycles. The van der Waals surface area contributed by atoms with E-state index in [0.29, 0.717) is 6.04 Å². The minimum Gasteiger partial charge on any atom is -0.496 e. The van der Waals surface area contributed by atoms with Crippen molar-refractivity contribution in [2.75, 3.05) is 7.11 Å². The third-order valence-corrected chi connectivity index (χ3v) is 6.48. The van der Waals surface area contributed by atoms with Crippen LogP contribution in [0.5, 0.6) is 5.75 Å². The second-order valence-electron chi connectivity index (χ2n) is 8.40. The molecule has 0 saturated carbocycles. The van der Waals surface area contributed by atoms with Crippen molar-refractivity contribution in [2.24, 2.45) is 0 Å². The van der Waals surface area contributed by atoms with Crippen molar-refractivity contribution in [1.29, 1.82) is 0 Å². The molecule has 0 aliphatic heterocycles. The van der Waals surface area contributed by atoms with Crippen LogP contribution < -0.4 is 4.74 Å². The molecule has 0 aliphatic carbocycles. The fraction of sp³-hybridized carbons (Fsp3) is 0.414. The van der Waals surface area contributed by atoms with Crippen molar-refractivity contribution in [3.8, 4) is 17.0 Å². The van der Waals surface area contributed by atoms with Gasteiger partial charge in [0.05, 0.1) is 12.8 Å². The lowest BCUT2D eigenvalue weighted by atomic mass is 9.94. The van der Waals surface area contributed by atoms with Crippen molar-refractivity contribution in [3.05, 3.63) is 83.0 Å². The average Bonchev–Trinajstić information content (AvgIpc) is 2.85. The Morgan fingerprint density at radius 1 is 0.812 bits per heavy atom. The van der Waals surface area contributed by atoms with Crippen molar-refractivity contribution in [2.45, 2.75) is 72.5 Å². The zero-order valence-electron chi connectivity index (χ0n) is 20.4. The van der Waals surface area contributed by atoms with Crippen molar-refractivity contribution in [3.63, 3.8) is 0 Å². The number of ether oxygens (including phenoxy) is 1. The van der Waals surface area contributed by atoms with Gasteiger partial charge < -0.3 is 4.74 Å². The molecule has 0 bridgehead atoms. The molecule has 3 nitrogen and oxygen atoms in total. The molecule has 2 aromatic carbocycles. The Bertz CT molecular complexity index is 957. The summed E-state index contributed by atoms with van der Waals surface area (Å²) < 4.78 is 5.89. The zero-order chi connectivity index (χ0) is 22.9. The van der Waals surface area contributed by atoms with Crippen molar-refractivity contribution < 1.29 is 4.74 Å². The van der Waals surface area contributed by atoms with Gasteiger partial charge in [0.2, 0.25) is 0 Å². The van der Waals surface area contributed by atoms with Crippen LogP contribution in [0, 0.1) is 0 Å². The van der Waals surface area contributed by atoms with E-state index in [0.717, 1.165) is 55.8 Å². The minimum atomic E-state index is 0.520. The van der Waals surface area contributed by atoms with E-state index >= 15 is 0 Å². The summed E-state index contributed by atoms with van der Waals surface area (Å²) in [6, 6.07) is 20.0. The number of benzene rings is 2. The lowest BCUT2D eigenvalue weighted by molar-refractivity contribution is 0.166. The Balaban J connectivity index is 1.96. The van der Waals surface area contributed by atoms with Gasteiger partial charge in [0.15, 0.2) is 0 Å². The number of hydrogen-bond acceptors (Lipinski definition) is 3. The number of pyridine rings is 1. The fourth-order valence-corrected chi connectivity index (χ4v) is 4.64. The van der Waals surface area contributed by atoms with E-state index in [1.807, 2.05) is 6.20 Å². The largest absolute Gasteiger partial charge is 0.496 e. The first kappa shape index (κ1) is 24.0. The van der Waals surface area contributed by atoms with Gasteiger partial charge in [-0.1, -0.05) is 76.2 Å². The maximum atomic E-state index is 5.89. The predicted octanol–water partition coefficient (Wildman–Crippen LogP) is 7.07. The van der Waals surface area contributed by atoms with E-state index in [-0.39, 0.29) is 0 Å². The molecular weight excluding hydrogens is 392 g/mol. The summed E-state index contributed by atoms with van der Waals surface area (Å²) in [5.74, 6) is 0.923.